The molecule has 0 aromatic heterocycles. The minimum absolute atomic E-state index is 0.0296. The lowest BCUT2D eigenvalue weighted by Crippen LogP contribution is -2.51. The molecule has 4 nitrogen and oxygen atoms in total. The summed E-state index contributed by atoms with van der Waals surface area (Å²) in [6.45, 7) is 5.83. The summed E-state index contributed by atoms with van der Waals surface area (Å²) < 4.78 is 28.8. The molecule has 2 fully saturated rings. The molecular weight excluding hydrogens is 284 g/mol. The van der Waals surface area contributed by atoms with Crippen LogP contribution >= 0.6 is 11.6 Å². The Labute approximate surface area is 122 Å². The predicted molar refractivity (Wildman–Crippen MR) is 78.5 cm³/mol. The Hall–Kier alpha value is 0.160. The van der Waals surface area contributed by atoms with E-state index in [0.29, 0.717) is 37.4 Å². The van der Waals surface area contributed by atoms with Crippen LogP contribution in [-0.2, 0) is 10.2 Å². The summed E-state index contributed by atoms with van der Waals surface area (Å²) in [4.78, 5) is 0. The summed E-state index contributed by atoms with van der Waals surface area (Å²) in [5, 5.41) is 0. The number of alkyl halides is 1. The molecule has 1 unspecified atom stereocenters. The van der Waals surface area contributed by atoms with Gasteiger partial charge in [-0.2, -0.15) is 17.0 Å². The molecule has 1 atom stereocenters. The normalized spacial score (nSPS) is 26.3. The molecule has 1 aliphatic carbocycles. The van der Waals surface area contributed by atoms with Gasteiger partial charge in [-0.3, -0.25) is 0 Å². The van der Waals surface area contributed by atoms with Crippen molar-refractivity contribution in [2.24, 2.45) is 11.8 Å². The monoisotopic (exact) mass is 308 g/mol. The highest BCUT2D eigenvalue weighted by Gasteiger charge is 2.37. The summed E-state index contributed by atoms with van der Waals surface area (Å²) in [6, 6.07) is 0.0296. The van der Waals surface area contributed by atoms with Gasteiger partial charge in [0, 0.05) is 31.6 Å². The SMILES string of the molecule is CC(C)N(CC1CC1)S(=O)(=O)N1CCCC(CCl)C1. The number of halogens is 1. The lowest BCUT2D eigenvalue weighted by Gasteiger charge is -2.36. The maximum atomic E-state index is 12.8. The van der Waals surface area contributed by atoms with Gasteiger partial charge in [0.2, 0.25) is 0 Å². The molecule has 6 heteroatoms. The van der Waals surface area contributed by atoms with Crippen LogP contribution < -0.4 is 0 Å². The fourth-order valence-electron chi connectivity index (χ4n) is 2.64. The van der Waals surface area contributed by atoms with Crippen LogP contribution in [0.1, 0.15) is 39.5 Å². The molecule has 19 heavy (non-hydrogen) atoms. The van der Waals surface area contributed by atoms with Crippen LogP contribution in [0.25, 0.3) is 0 Å². The second-order valence-electron chi connectivity index (χ2n) is 6.14. The van der Waals surface area contributed by atoms with Crippen molar-refractivity contribution in [2.45, 2.75) is 45.6 Å². The summed E-state index contributed by atoms with van der Waals surface area (Å²) in [6.07, 6.45) is 4.30. The van der Waals surface area contributed by atoms with Crippen molar-refractivity contribution in [1.82, 2.24) is 8.61 Å². The van der Waals surface area contributed by atoms with E-state index in [2.05, 4.69) is 0 Å². The first-order valence-corrected chi connectivity index (χ1v) is 9.21. The van der Waals surface area contributed by atoms with Gasteiger partial charge in [-0.1, -0.05) is 0 Å². The molecule has 1 saturated carbocycles. The lowest BCUT2D eigenvalue weighted by molar-refractivity contribution is 0.245. The molecule has 1 saturated heterocycles. The zero-order chi connectivity index (χ0) is 14.0. The smallest absolute Gasteiger partial charge is 0.195 e. The molecule has 1 heterocycles. The molecule has 0 spiro atoms. The molecule has 0 bridgehead atoms. The zero-order valence-corrected chi connectivity index (χ0v) is 13.5. The predicted octanol–water partition coefficient (Wildman–Crippen LogP) is 2.30. The van der Waals surface area contributed by atoms with Crippen LogP contribution in [0.4, 0.5) is 0 Å². The minimum Gasteiger partial charge on any atom is -0.195 e. The summed E-state index contributed by atoms with van der Waals surface area (Å²) in [5.74, 6) is 1.43. The van der Waals surface area contributed by atoms with Gasteiger partial charge in [-0.15, -0.1) is 11.6 Å². The van der Waals surface area contributed by atoms with Crippen molar-refractivity contribution in [2.75, 3.05) is 25.5 Å². The Balaban J connectivity index is 2.08. The van der Waals surface area contributed by atoms with E-state index in [0.717, 1.165) is 12.8 Å². The van der Waals surface area contributed by atoms with E-state index in [1.165, 1.54) is 12.8 Å². The third kappa shape index (κ3) is 3.84. The second kappa shape index (κ2) is 6.29. The largest absolute Gasteiger partial charge is 0.282 e. The van der Waals surface area contributed by atoms with Gasteiger partial charge in [0.1, 0.15) is 0 Å². The average molecular weight is 309 g/mol. The average Bonchev–Trinajstić information content (AvgIpc) is 3.19. The van der Waals surface area contributed by atoms with Crippen molar-refractivity contribution in [1.29, 1.82) is 0 Å². The highest BCUT2D eigenvalue weighted by atomic mass is 35.5. The Bertz CT molecular complexity index is 395. The summed E-state index contributed by atoms with van der Waals surface area (Å²) >= 11 is 5.90. The first kappa shape index (κ1) is 15.5. The molecule has 0 aromatic rings. The lowest BCUT2D eigenvalue weighted by atomic mass is 10.0. The number of nitrogens with zero attached hydrogens (tertiary/aromatic N) is 2. The Kier molecular flexibility index (Phi) is 5.15. The molecule has 2 aliphatic rings. The molecule has 0 aromatic carbocycles. The van der Waals surface area contributed by atoms with Crippen molar-refractivity contribution in [3.05, 3.63) is 0 Å². The molecule has 0 amide bonds. The Morgan fingerprint density at radius 1 is 1.26 bits per heavy atom. The molecule has 0 N–H and O–H groups in total. The van der Waals surface area contributed by atoms with Gasteiger partial charge in [0.05, 0.1) is 0 Å². The number of piperidine rings is 1. The van der Waals surface area contributed by atoms with Crippen molar-refractivity contribution in [3.8, 4) is 0 Å². The maximum absolute atomic E-state index is 12.8. The quantitative estimate of drug-likeness (QED) is 0.707. The third-order valence-corrected chi connectivity index (χ3v) is 6.62. The Morgan fingerprint density at radius 3 is 2.47 bits per heavy atom. The van der Waals surface area contributed by atoms with Gasteiger partial charge >= 0.3 is 0 Å². The first-order valence-electron chi connectivity index (χ1n) is 7.28. The van der Waals surface area contributed by atoms with E-state index in [1.807, 2.05) is 13.8 Å². The molecule has 1 aliphatic heterocycles. The van der Waals surface area contributed by atoms with Gasteiger partial charge in [-0.05, 0) is 51.4 Å². The highest BCUT2D eigenvalue weighted by Crippen LogP contribution is 2.32. The first-order chi connectivity index (χ1) is 8.95. The van der Waals surface area contributed by atoms with Gasteiger partial charge in [0.15, 0.2) is 0 Å². The van der Waals surface area contributed by atoms with Crippen molar-refractivity contribution in [3.63, 3.8) is 0 Å². The Morgan fingerprint density at radius 2 is 1.95 bits per heavy atom. The van der Waals surface area contributed by atoms with Crippen LogP contribution in [-0.4, -0.2) is 48.6 Å². The van der Waals surface area contributed by atoms with Crippen molar-refractivity contribution < 1.29 is 8.42 Å². The molecule has 0 radical (unpaired) electrons. The van der Waals surface area contributed by atoms with Crippen LogP contribution in [0.5, 0.6) is 0 Å². The highest BCUT2D eigenvalue weighted by molar-refractivity contribution is 7.86. The fourth-order valence-corrected chi connectivity index (χ4v) is 4.88. The van der Waals surface area contributed by atoms with Crippen LogP contribution in [0.3, 0.4) is 0 Å². The maximum Gasteiger partial charge on any atom is 0.282 e. The van der Waals surface area contributed by atoms with Crippen LogP contribution in [0.15, 0.2) is 0 Å². The molecule has 112 valence electrons. The number of hydrogen-bond acceptors (Lipinski definition) is 2. The minimum atomic E-state index is -3.31. The van der Waals surface area contributed by atoms with Crippen LogP contribution in [0.2, 0.25) is 0 Å². The molecule has 2 rings (SSSR count). The van der Waals surface area contributed by atoms with E-state index >= 15 is 0 Å². The second-order valence-corrected chi connectivity index (χ2v) is 8.32. The van der Waals surface area contributed by atoms with Crippen molar-refractivity contribution >= 4 is 21.8 Å². The van der Waals surface area contributed by atoms with E-state index in [1.54, 1.807) is 8.61 Å². The fraction of sp³-hybridized carbons (Fsp3) is 1.00. The number of hydrogen-bond donors (Lipinski definition) is 0. The topological polar surface area (TPSA) is 40.6 Å². The standard InChI is InChI=1S/C13H25ClN2O2S/c1-11(2)16(10-12-5-6-12)19(17,18)15-7-3-4-13(8-14)9-15/h11-13H,3-10H2,1-2H3. The molecular formula is C13H25ClN2O2S. The summed E-state index contributed by atoms with van der Waals surface area (Å²) in [7, 11) is -3.31. The van der Waals surface area contributed by atoms with E-state index < -0.39 is 10.2 Å². The van der Waals surface area contributed by atoms with Gasteiger partial charge < -0.3 is 0 Å². The van der Waals surface area contributed by atoms with E-state index in [9.17, 15) is 8.42 Å². The van der Waals surface area contributed by atoms with Gasteiger partial charge in [-0.25, -0.2) is 0 Å². The summed E-state index contributed by atoms with van der Waals surface area (Å²) in [5.41, 5.74) is 0. The van der Waals surface area contributed by atoms with E-state index in [4.69, 9.17) is 11.6 Å². The third-order valence-electron chi connectivity index (χ3n) is 4.03. The van der Waals surface area contributed by atoms with Gasteiger partial charge in [0.25, 0.3) is 10.2 Å². The number of rotatable bonds is 6. The van der Waals surface area contributed by atoms with Crippen LogP contribution in [0, 0.1) is 11.8 Å². The van der Waals surface area contributed by atoms with E-state index in [-0.39, 0.29) is 6.04 Å². The zero-order valence-electron chi connectivity index (χ0n) is 11.9.